The van der Waals surface area contributed by atoms with Gasteiger partial charge in [0.05, 0.1) is 18.8 Å². The van der Waals surface area contributed by atoms with E-state index in [1.807, 2.05) is 0 Å². The average Bonchev–Trinajstić information content (AvgIpc) is 2.54. The summed E-state index contributed by atoms with van der Waals surface area (Å²) < 4.78 is 11.6. The van der Waals surface area contributed by atoms with Crippen LogP contribution in [0, 0.1) is 11.8 Å². The highest BCUT2D eigenvalue weighted by Gasteiger charge is 2.42. The predicted octanol–water partition coefficient (Wildman–Crippen LogP) is 4.40. The molecule has 4 atom stereocenters. The molecule has 0 N–H and O–H groups in total. The van der Waals surface area contributed by atoms with E-state index in [1.54, 1.807) is 5.57 Å². The van der Waals surface area contributed by atoms with Crippen LogP contribution in [-0.4, -0.2) is 24.8 Å². The first-order valence-electron chi connectivity index (χ1n) is 9.24. The summed E-state index contributed by atoms with van der Waals surface area (Å²) in [6.45, 7) is 2.04. The van der Waals surface area contributed by atoms with Gasteiger partial charge in [-0.2, -0.15) is 0 Å². The minimum Gasteiger partial charge on any atom is -0.466 e. The molecule has 1 heterocycles. The van der Waals surface area contributed by atoms with Gasteiger partial charge >= 0.3 is 5.97 Å². The Morgan fingerprint density at radius 2 is 2.00 bits per heavy atom. The third-order valence-electron chi connectivity index (χ3n) is 5.64. The van der Waals surface area contributed by atoms with Crippen molar-refractivity contribution in [2.45, 2.75) is 83.3 Å². The van der Waals surface area contributed by atoms with Crippen molar-refractivity contribution in [2.24, 2.45) is 11.8 Å². The Bertz CT molecular complexity index is 415. The molecular formula is C19H30O3. The van der Waals surface area contributed by atoms with Crippen LogP contribution >= 0.6 is 0 Å². The van der Waals surface area contributed by atoms with Crippen LogP contribution in [-0.2, 0) is 14.3 Å². The van der Waals surface area contributed by atoms with Gasteiger partial charge in [0.1, 0.15) is 0 Å². The van der Waals surface area contributed by atoms with Crippen molar-refractivity contribution >= 4 is 5.97 Å². The lowest BCUT2D eigenvalue weighted by atomic mass is 9.68. The van der Waals surface area contributed by atoms with E-state index in [1.165, 1.54) is 51.9 Å². The maximum Gasteiger partial charge on any atom is 0.302 e. The van der Waals surface area contributed by atoms with Gasteiger partial charge < -0.3 is 9.47 Å². The van der Waals surface area contributed by atoms with Gasteiger partial charge in [0, 0.05) is 18.8 Å². The average molecular weight is 306 g/mol. The molecule has 3 unspecified atom stereocenters. The number of esters is 1. The minimum atomic E-state index is -0.170. The van der Waals surface area contributed by atoms with Crippen LogP contribution in [0.1, 0.15) is 71.1 Å². The number of hydrogen-bond donors (Lipinski definition) is 0. The van der Waals surface area contributed by atoms with Crippen LogP contribution in [0.3, 0.4) is 0 Å². The molecule has 1 saturated heterocycles. The number of fused-ring (bicyclic) bond motifs is 3. The summed E-state index contributed by atoms with van der Waals surface area (Å²) in [5.41, 5.74) is 1.74. The summed E-state index contributed by atoms with van der Waals surface area (Å²) in [5, 5.41) is 0. The van der Waals surface area contributed by atoms with E-state index in [0.717, 1.165) is 25.2 Å². The fraction of sp³-hybridized carbons (Fsp3) is 0.842. The van der Waals surface area contributed by atoms with Crippen molar-refractivity contribution in [2.75, 3.05) is 6.61 Å². The Morgan fingerprint density at radius 1 is 1.18 bits per heavy atom. The lowest BCUT2D eigenvalue weighted by Gasteiger charge is -2.47. The first-order chi connectivity index (χ1) is 10.8. The van der Waals surface area contributed by atoms with E-state index >= 15 is 0 Å². The second-order valence-corrected chi connectivity index (χ2v) is 7.18. The van der Waals surface area contributed by atoms with Crippen molar-refractivity contribution in [3.05, 3.63) is 11.6 Å². The monoisotopic (exact) mass is 306 g/mol. The quantitative estimate of drug-likeness (QED) is 0.429. The van der Waals surface area contributed by atoms with Crippen LogP contribution in [0.2, 0.25) is 0 Å². The van der Waals surface area contributed by atoms with Gasteiger partial charge in [-0.25, -0.2) is 0 Å². The van der Waals surface area contributed by atoms with Crippen molar-refractivity contribution < 1.29 is 14.3 Å². The molecule has 22 heavy (non-hydrogen) atoms. The zero-order valence-corrected chi connectivity index (χ0v) is 13.9. The highest BCUT2D eigenvalue weighted by Crippen LogP contribution is 2.47. The molecule has 0 spiro atoms. The molecule has 1 saturated carbocycles. The SMILES string of the molecule is CC(=O)OCCCCC1OC2CCCC[C@H]2C2=CCCCC21. The normalized spacial score (nSPS) is 34.3. The molecule has 3 aliphatic rings. The molecule has 2 fully saturated rings. The molecule has 0 radical (unpaired) electrons. The van der Waals surface area contributed by atoms with Gasteiger partial charge in [-0.3, -0.25) is 4.79 Å². The molecule has 0 bridgehead atoms. The zero-order chi connectivity index (χ0) is 15.4. The summed E-state index contributed by atoms with van der Waals surface area (Å²) in [4.78, 5) is 10.8. The molecule has 0 aromatic heterocycles. The molecular weight excluding hydrogens is 276 g/mol. The number of ether oxygens (including phenoxy) is 2. The third kappa shape index (κ3) is 3.73. The number of hydrogen-bond acceptors (Lipinski definition) is 3. The largest absolute Gasteiger partial charge is 0.466 e. The van der Waals surface area contributed by atoms with Crippen LogP contribution in [0.5, 0.6) is 0 Å². The molecule has 3 heteroatoms. The lowest BCUT2D eigenvalue weighted by molar-refractivity contribution is -0.141. The Labute approximate surface area is 134 Å². The molecule has 3 nitrogen and oxygen atoms in total. The standard InChI is InChI=1S/C19H30O3/c1-14(20)21-13-7-6-12-19-16-9-3-2-8-15(16)17-10-4-5-11-18(17)22-19/h8,16-19H,2-7,9-13H2,1H3/t16?,17-,18?,19?/m0/s1. The molecule has 2 aliphatic carbocycles. The number of carbonyl (C=O) groups excluding carboxylic acids is 1. The first-order valence-corrected chi connectivity index (χ1v) is 9.24. The van der Waals surface area contributed by atoms with E-state index in [4.69, 9.17) is 9.47 Å². The second-order valence-electron chi connectivity index (χ2n) is 7.18. The van der Waals surface area contributed by atoms with Crippen molar-refractivity contribution in [3.63, 3.8) is 0 Å². The van der Waals surface area contributed by atoms with Gasteiger partial charge in [-0.15, -0.1) is 0 Å². The van der Waals surface area contributed by atoms with Crippen LogP contribution in [0.4, 0.5) is 0 Å². The van der Waals surface area contributed by atoms with Gasteiger partial charge in [0.2, 0.25) is 0 Å². The zero-order valence-electron chi connectivity index (χ0n) is 13.9. The fourth-order valence-electron chi connectivity index (χ4n) is 4.64. The smallest absolute Gasteiger partial charge is 0.302 e. The van der Waals surface area contributed by atoms with E-state index < -0.39 is 0 Å². The summed E-state index contributed by atoms with van der Waals surface area (Å²) in [5.74, 6) is 1.22. The Kier molecular flexibility index (Phi) is 5.56. The third-order valence-corrected chi connectivity index (χ3v) is 5.64. The maximum absolute atomic E-state index is 10.8. The summed E-state index contributed by atoms with van der Waals surface area (Å²) in [7, 11) is 0. The number of unbranched alkanes of at least 4 members (excludes halogenated alkanes) is 1. The Morgan fingerprint density at radius 3 is 2.86 bits per heavy atom. The van der Waals surface area contributed by atoms with Gasteiger partial charge in [0.25, 0.3) is 0 Å². The molecule has 0 aromatic carbocycles. The summed E-state index contributed by atoms with van der Waals surface area (Å²) >= 11 is 0. The van der Waals surface area contributed by atoms with Crippen LogP contribution < -0.4 is 0 Å². The van der Waals surface area contributed by atoms with Crippen molar-refractivity contribution in [1.29, 1.82) is 0 Å². The highest BCUT2D eigenvalue weighted by molar-refractivity contribution is 5.65. The number of allylic oxidation sites excluding steroid dienone is 1. The molecule has 124 valence electrons. The first kappa shape index (κ1) is 16.0. The van der Waals surface area contributed by atoms with Gasteiger partial charge in [-0.1, -0.05) is 24.5 Å². The summed E-state index contributed by atoms with van der Waals surface area (Å²) in [6, 6.07) is 0. The molecule has 1 aliphatic heterocycles. The predicted molar refractivity (Wildman–Crippen MR) is 86.5 cm³/mol. The van der Waals surface area contributed by atoms with Crippen LogP contribution in [0.15, 0.2) is 11.6 Å². The Balaban J connectivity index is 1.55. The Hall–Kier alpha value is -0.830. The van der Waals surface area contributed by atoms with E-state index in [2.05, 4.69) is 6.08 Å². The number of carbonyl (C=O) groups is 1. The lowest BCUT2D eigenvalue weighted by Crippen LogP contribution is -2.45. The van der Waals surface area contributed by atoms with Crippen molar-refractivity contribution in [3.8, 4) is 0 Å². The second kappa shape index (κ2) is 7.63. The molecule has 3 rings (SSSR count). The summed E-state index contributed by atoms with van der Waals surface area (Å²) in [6.07, 6.45) is 15.8. The van der Waals surface area contributed by atoms with Gasteiger partial charge in [-0.05, 0) is 51.4 Å². The molecule has 0 amide bonds. The highest BCUT2D eigenvalue weighted by atomic mass is 16.5. The van der Waals surface area contributed by atoms with Crippen molar-refractivity contribution in [1.82, 2.24) is 0 Å². The maximum atomic E-state index is 10.8. The van der Waals surface area contributed by atoms with E-state index in [9.17, 15) is 4.79 Å². The van der Waals surface area contributed by atoms with E-state index in [-0.39, 0.29) is 5.97 Å². The number of rotatable bonds is 5. The minimum absolute atomic E-state index is 0.170. The van der Waals surface area contributed by atoms with Gasteiger partial charge in [0.15, 0.2) is 0 Å². The molecule has 0 aromatic rings. The van der Waals surface area contributed by atoms with E-state index in [0.29, 0.717) is 24.7 Å². The fourth-order valence-corrected chi connectivity index (χ4v) is 4.64. The topological polar surface area (TPSA) is 35.5 Å². The van der Waals surface area contributed by atoms with Crippen LogP contribution in [0.25, 0.3) is 0 Å².